The summed E-state index contributed by atoms with van der Waals surface area (Å²) >= 11 is 0. The first-order chi connectivity index (χ1) is 9.61. The molecule has 2 aromatic rings. The van der Waals surface area contributed by atoms with Gasteiger partial charge in [-0.1, -0.05) is 18.2 Å². The minimum Gasteiger partial charge on any atom is -0.464 e. The molecule has 0 fully saturated rings. The Bertz CT molecular complexity index is 583. The van der Waals surface area contributed by atoms with E-state index in [2.05, 4.69) is 5.32 Å². The topological polar surface area (TPSA) is 103 Å². The van der Waals surface area contributed by atoms with Gasteiger partial charge in [-0.05, 0) is 18.1 Å². The van der Waals surface area contributed by atoms with Crippen molar-refractivity contribution in [3.63, 3.8) is 0 Å². The summed E-state index contributed by atoms with van der Waals surface area (Å²) in [7, 11) is -1.69. The number of hydrogen-bond donors (Lipinski definition) is 4. The summed E-state index contributed by atoms with van der Waals surface area (Å²) in [4.78, 5) is 11.4. The largest absolute Gasteiger partial charge is 0.475 e. The molecular formula is C13H16BNO5. The SMILES string of the molecule is O=C(CCO)N[C@@H](Cc1coc2ccccc12)B(O)O. The minimum absolute atomic E-state index is 0.0741. The molecule has 0 aliphatic heterocycles. The second-order valence-corrected chi connectivity index (χ2v) is 4.52. The highest BCUT2D eigenvalue weighted by Crippen LogP contribution is 2.22. The molecule has 0 aliphatic carbocycles. The van der Waals surface area contributed by atoms with Gasteiger partial charge in [0, 0.05) is 11.8 Å². The zero-order chi connectivity index (χ0) is 14.5. The van der Waals surface area contributed by atoms with Crippen molar-refractivity contribution in [2.24, 2.45) is 0 Å². The summed E-state index contributed by atoms with van der Waals surface area (Å²) in [6.45, 7) is -0.283. The van der Waals surface area contributed by atoms with Gasteiger partial charge in [-0.15, -0.1) is 0 Å². The number of furan rings is 1. The van der Waals surface area contributed by atoms with Gasteiger partial charge in [-0.3, -0.25) is 4.79 Å². The summed E-state index contributed by atoms with van der Waals surface area (Å²) in [5, 5.41) is 30.7. The second kappa shape index (κ2) is 6.56. The zero-order valence-electron chi connectivity index (χ0n) is 10.8. The predicted octanol–water partition coefficient (Wildman–Crippen LogP) is -0.146. The fraction of sp³-hybridized carbons (Fsp3) is 0.308. The average molecular weight is 277 g/mol. The van der Waals surface area contributed by atoms with E-state index >= 15 is 0 Å². The van der Waals surface area contributed by atoms with Gasteiger partial charge in [-0.2, -0.15) is 0 Å². The van der Waals surface area contributed by atoms with Crippen LogP contribution in [-0.4, -0.2) is 40.7 Å². The lowest BCUT2D eigenvalue weighted by molar-refractivity contribution is -0.122. The molecule has 1 heterocycles. The first kappa shape index (κ1) is 14.6. The molecule has 0 radical (unpaired) electrons. The van der Waals surface area contributed by atoms with Gasteiger partial charge < -0.3 is 24.9 Å². The van der Waals surface area contributed by atoms with E-state index in [9.17, 15) is 14.8 Å². The first-order valence-electron chi connectivity index (χ1n) is 6.33. The lowest BCUT2D eigenvalue weighted by atomic mass is 9.76. The quantitative estimate of drug-likeness (QED) is 0.550. The molecule has 0 aliphatic rings. The van der Waals surface area contributed by atoms with Gasteiger partial charge in [-0.25, -0.2) is 0 Å². The highest BCUT2D eigenvalue weighted by molar-refractivity contribution is 6.43. The lowest BCUT2D eigenvalue weighted by Crippen LogP contribution is -2.48. The van der Waals surface area contributed by atoms with E-state index in [-0.39, 0.29) is 19.4 Å². The van der Waals surface area contributed by atoms with Crippen molar-refractivity contribution in [2.45, 2.75) is 18.8 Å². The molecule has 0 spiro atoms. The number of amides is 1. The van der Waals surface area contributed by atoms with Crippen LogP contribution < -0.4 is 5.32 Å². The Morgan fingerprint density at radius 3 is 2.80 bits per heavy atom. The Morgan fingerprint density at radius 1 is 1.35 bits per heavy atom. The predicted molar refractivity (Wildman–Crippen MR) is 73.7 cm³/mol. The fourth-order valence-electron chi connectivity index (χ4n) is 2.04. The molecule has 7 heteroatoms. The number of para-hydroxylation sites is 1. The summed E-state index contributed by atoms with van der Waals surface area (Å²) in [6.07, 6.45) is 1.69. The van der Waals surface area contributed by atoms with E-state index in [1.165, 1.54) is 6.26 Å². The van der Waals surface area contributed by atoms with Crippen LogP contribution in [0.5, 0.6) is 0 Å². The average Bonchev–Trinajstić information content (AvgIpc) is 2.82. The summed E-state index contributed by atoms with van der Waals surface area (Å²) in [6, 6.07) is 7.38. The van der Waals surface area contributed by atoms with E-state index in [0.717, 1.165) is 10.9 Å². The number of carbonyl (C=O) groups is 1. The van der Waals surface area contributed by atoms with E-state index in [0.29, 0.717) is 5.58 Å². The van der Waals surface area contributed by atoms with Gasteiger partial charge >= 0.3 is 7.12 Å². The van der Waals surface area contributed by atoms with Crippen molar-refractivity contribution in [3.05, 3.63) is 36.1 Å². The van der Waals surface area contributed by atoms with E-state index in [1.807, 2.05) is 24.3 Å². The maximum Gasteiger partial charge on any atom is 0.475 e. The third kappa shape index (κ3) is 3.38. The van der Waals surface area contributed by atoms with Crippen LogP contribution in [0.4, 0.5) is 0 Å². The fourth-order valence-corrected chi connectivity index (χ4v) is 2.04. The van der Waals surface area contributed by atoms with Gasteiger partial charge in [0.15, 0.2) is 0 Å². The number of aliphatic hydroxyl groups excluding tert-OH is 1. The standard InChI is InChI=1S/C13H16BNO5/c16-6-5-13(17)15-12(14(18)19)7-9-8-20-11-4-2-1-3-10(9)11/h1-4,8,12,16,18-19H,5-7H2,(H,15,17)/t12-/m0/s1. The third-order valence-corrected chi connectivity index (χ3v) is 3.05. The van der Waals surface area contributed by atoms with Crippen molar-refractivity contribution < 1.29 is 24.4 Å². The van der Waals surface area contributed by atoms with Crippen LogP contribution in [0.25, 0.3) is 11.0 Å². The lowest BCUT2D eigenvalue weighted by Gasteiger charge is -2.17. The molecule has 0 bridgehead atoms. The van der Waals surface area contributed by atoms with Gasteiger partial charge in [0.05, 0.1) is 18.8 Å². The number of nitrogens with one attached hydrogen (secondary N) is 1. The number of aliphatic hydroxyl groups is 1. The Hall–Kier alpha value is -1.83. The maximum absolute atomic E-state index is 11.4. The molecule has 1 amide bonds. The smallest absolute Gasteiger partial charge is 0.464 e. The highest BCUT2D eigenvalue weighted by Gasteiger charge is 2.26. The molecule has 0 saturated heterocycles. The van der Waals surface area contributed by atoms with Crippen molar-refractivity contribution in [1.29, 1.82) is 0 Å². The zero-order valence-corrected chi connectivity index (χ0v) is 10.8. The molecule has 20 heavy (non-hydrogen) atoms. The summed E-state index contributed by atoms with van der Waals surface area (Å²) in [5.41, 5.74) is 1.48. The number of hydrogen-bond acceptors (Lipinski definition) is 5. The molecule has 1 atom stereocenters. The van der Waals surface area contributed by atoms with Crippen LogP contribution in [0, 0.1) is 0 Å². The van der Waals surface area contributed by atoms with Gasteiger partial charge in [0.2, 0.25) is 5.91 Å². The molecule has 106 valence electrons. The van der Waals surface area contributed by atoms with Gasteiger partial charge in [0.1, 0.15) is 5.58 Å². The second-order valence-electron chi connectivity index (χ2n) is 4.52. The monoisotopic (exact) mass is 277 g/mol. The van der Waals surface area contributed by atoms with Crippen LogP contribution in [0.3, 0.4) is 0 Å². The number of fused-ring (bicyclic) bond motifs is 1. The molecule has 1 aromatic carbocycles. The Balaban J connectivity index is 2.13. The Morgan fingerprint density at radius 2 is 2.10 bits per heavy atom. The summed E-state index contributed by atoms with van der Waals surface area (Å²) < 4.78 is 5.37. The van der Waals surface area contributed by atoms with Crippen LogP contribution in [0.1, 0.15) is 12.0 Å². The molecule has 0 unspecified atom stereocenters. The summed E-state index contributed by atoms with van der Waals surface area (Å²) in [5.74, 6) is -1.28. The van der Waals surface area contributed by atoms with E-state index in [1.54, 1.807) is 0 Å². The number of carbonyl (C=O) groups excluding carboxylic acids is 1. The molecule has 4 N–H and O–H groups in total. The Labute approximate surface area is 116 Å². The normalized spacial score (nSPS) is 12.3. The van der Waals surface area contributed by atoms with Gasteiger partial charge in [0.25, 0.3) is 0 Å². The number of benzene rings is 1. The maximum atomic E-state index is 11.4. The van der Waals surface area contributed by atoms with E-state index < -0.39 is 19.0 Å². The minimum atomic E-state index is -1.69. The Kier molecular flexibility index (Phi) is 4.78. The van der Waals surface area contributed by atoms with Crippen LogP contribution in [0.2, 0.25) is 0 Å². The van der Waals surface area contributed by atoms with Crippen LogP contribution in [0.15, 0.2) is 34.9 Å². The first-order valence-corrected chi connectivity index (χ1v) is 6.33. The van der Waals surface area contributed by atoms with Crippen LogP contribution >= 0.6 is 0 Å². The highest BCUT2D eigenvalue weighted by atomic mass is 16.4. The molecule has 2 rings (SSSR count). The molecular weight excluding hydrogens is 261 g/mol. The molecule has 6 nitrogen and oxygen atoms in total. The molecule has 0 saturated carbocycles. The molecule has 1 aromatic heterocycles. The van der Waals surface area contributed by atoms with Crippen molar-refractivity contribution >= 4 is 24.0 Å². The van der Waals surface area contributed by atoms with Crippen molar-refractivity contribution in [2.75, 3.05) is 6.61 Å². The van der Waals surface area contributed by atoms with Crippen LogP contribution in [-0.2, 0) is 11.2 Å². The van der Waals surface area contributed by atoms with Crippen molar-refractivity contribution in [3.8, 4) is 0 Å². The van der Waals surface area contributed by atoms with Crippen molar-refractivity contribution in [1.82, 2.24) is 5.32 Å². The number of rotatable bonds is 6. The van der Waals surface area contributed by atoms with E-state index in [4.69, 9.17) is 9.52 Å². The third-order valence-electron chi connectivity index (χ3n) is 3.05.